The molecule has 0 aliphatic rings. The van der Waals surface area contributed by atoms with Crippen molar-refractivity contribution < 1.29 is 4.79 Å². The van der Waals surface area contributed by atoms with Crippen LogP contribution in [0.2, 0.25) is 0 Å². The first-order valence-corrected chi connectivity index (χ1v) is 6.19. The molecule has 0 saturated heterocycles. The number of aromatic nitrogens is 1. The summed E-state index contributed by atoms with van der Waals surface area (Å²) in [5.74, 6) is 0.0360. The van der Waals surface area contributed by atoms with E-state index in [1.165, 1.54) is 0 Å². The molecule has 0 saturated carbocycles. The fraction of sp³-hybridized carbons (Fsp3) is 0.231. The summed E-state index contributed by atoms with van der Waals surface area (Å²) >= 11 is 1.58. The second-order valence-corrected chi connectivity index (χ2v) is 4.93. The van der Waals surface area contributed by atoms with Gasteiger partial charge >= 0.3 is 0 Å². The Labute approximate surface area is 105 Å². The van der Waals surface area contributed by atoms with Crippen molar-refractivity contribution in [2.75, 3.05) is 14.1 Å². The highest BCUT2D eigenvalue weighted by atomic mass is 32.1. The van der Waals surface area contributed by atoms with Crippen molar-refractivity contribution in [2.24, 2.45) is 0 Å². The highest BCUT2D eigenvalue weighted by molar-refractivity contribution is 7.13. The molecule has 1 aromatic carbocycles. The lowest BCUT2D eigenvalue weighted by Crippen LogP contribution is -2.22. The Morgan fingerprint density at radius 3 is 2.71 bits per heavy atom. The van der Waals surface area contributed by atoms with Gasteiger partial charge in [-0.05, 0) is 24.1 Å². The summed E-state index contributed by atoms with van der Waals surface area (Å²) in [4.78, 5) is 18.8. The van der Waals surface area contributed by atoms with Gasteiger partial charge in [0.2, 0.25) is 0 Å². The zero-order chi connectivity index (χ0) is 12.4. The van der Waals surface area contributed by atoms with E-state index in [4.69, 9.17) is 0 Å². The molecular formula is C13H14N2OS. The number of carbonyl (C=O) groups excluding carboxylic acids is 1. The van der Waals surface area contributed by atoms with E-state index < -0.39 is 0 Å². The molecule has 0 bridgehead atoms. The minimum atomic E-state index is 0.0360. The monoisotopic (exact) mass is 246 g/mol. The number of thiazole rings is 1. The van der Waals surface area contributed by atoms with Crippen molar-refractivity contribution in [1.82, 2.24) is 9.88 Å². The fourth-order valence-corrected chi connectivity index (χ4v) is 2.43. The predicted molar refractivity (Wildman–Crippen MR) is 70.3 cm³/mol. The Morgan fingerprint density at radius 1 is 1.35 bits per heavy atom. The summed E-state index contributed by atoms with van der Waals surface area (Å²) in [6, 6.07) is 5.80. The number of carbonyl (C=O) groups is 1. The van der Waals surface area contributed by atoms with E-state index in [1.807, 2.05) is 31.3 Å². The molecule has 2 aromatic rings. The molecule has 0 unspecified atom stereocenters. The van der Waals surface area contributed by atoms with Crippen LogP contribution < -0.4 is 0 Å². The van der Waals surface area contributed by atoms with Gasteiger partial charge in [0.05, 0.1) is 10.4 Å². The highest BCUT2D eigenvalue weighted by Crippen LogP contribution is 2.28. The van der Waals surface area contributed by atoms with E-state index in [1.54, 1.807) is 35.8 Å². The average Bonchev–Trinajstić information content (AvgIpc) is 2.81. The predicted octanol–water partition coefficient (Wildman–Crippen LogP) is 2.82. The van der Waals surface area contributed by atoms with E-state index in [-0.39, 0.29) is 5.91 Å². The molecule has 2 rings (SSSR count). The quantitative estimate of drug-likeness (QED) is 0.816. The average molecular weight is 246 g/mol. The molecule has 0 aliphatic heterocycles. The maximum absolute atomic E-state index is 12.0. The van der Waals surface area contributed by atoms with Gasteiger partial charge < -0.3 is 4.90 Å². The van der Waals surface area contributed by atoms with Crippen molar-refractivity contribution in [3.63, 3.8) is 0 Å². The van der Waals surface area contributed by atoms with Crippen LogP contribution in [0.3, 0.4) is 0 Å². The molecule has 88 valence electrons. The van der Waals surface area contributed by atoms with Gasteiger partial charge in [0.15, 0.2) is 0 Å². The molecule has 0 fully saturated rings. The van der Waals surface area contributed by atoms with Gasteiger partial charge in [-0.25, -0.2) is 0 Å². The van der Waals surface area contributed by atoms with Crippen molar-refractivity contribution in [3.05, 3.63) is 41.0 Å². The van der Waals surface area contributed by atoms with Crippen molar-refractivity contribution in [1.29, 1.82) is 0 Å². The molecule has 0 spiro atoms. The molecule has 0 N–H and O–H groups in total. The Balaban J connectivity index is 2.51. The molecule has 17 heavy (non-hydrogen) atoms. The molecule has 3 nitrogen and oxygen atoms in total. The SMILES string of the molecule is Cc1c(C(=O)N(C)C)cccc1-c1cncs1. The molecule has 1 heterocycles. The topological polar surface area (TPSA) is 33.2 Å². The van der Waals surface area contributed by atoms with Crippen LogP contribution in [0.25, 0.3) is 10.4 Å². The second kappa shape index (κ2) is 4.67. The van der Waals surface area contributed by atoms with Gasteiger partial charge in [-0.2, -0.15) is 0 Å². The molecule has 1 amide bonds. The van der Waals surface area contributed by atoms with Gasteiger partial charge in [-0.15, -0.1) is 11.3 Å². The summed E-state index contributed by atoms with van der Waals surface area (Å²) in [5, 5.41) is 0. The maximum atomic E-state index is 12.0. The lowest BCUT2D eigenvalue weighted by molar-refractivity contribution is 0.0827. The maximum Gasteiger partial charge on any atom is 0.253 e. The van der Waals surface area contributed by atoms with Crippen LogP contribution in [0, 0.1) is 6.92 Å². The van der Waals surface area contributed by atoms with Gasteiger partial charge in [0.1, 0.15) is 0 Å². The van der Waals surface area contributed by atoms with Crippen LogP contribution in [0.1, 0.15) is 15.9 Å². The fourth-order valence-electron chi connectivity index (χ4n) is 1.72. The number of hydrogen-bond acceptors (Lipinski definition) is 3. The number of benzene rings is 1. The first-order valence-electron chi connectivity index (χ1n) is 5.31. The van der Waals surface area contributed by atoms with Gasteiger partial charge in [0, 0.05) is 25.9 Å². The number of nitrogens with zero attached hydrogens (tertiary/aromatic N) is 2. The van der Waals surface area contributed by atoms with E-state index in [2.05, 4.69) is 4.98 Å². The summed E-state index contributed by atoms with van der Waals surface area (Å²) < 4.78 is 0. The first-order chi connectivity index (χ1) is 8.11. The summed E-state index contributed by atoms with van der Waals surface area (Å²) in [6.07, 6.45) is 1.83. The standard InChI is InChI=1S/C13H14N2OS/c1-9-10(12-7-14-8-17-12)5-4-6-11(9)13(16)15(2)3/h4-8H,1-3H3. The number of hydrogen-bond donors (Lipinski definition) is 0. The third-order valence-electron chi connectivity index (χ3n) is 2.67. The van der Waals surface area contributed by atoms with E-state index in [0.29, 0.717) is 0 Å². The lowest BCUT2D eigenvalue weighted by atomic mass is 10.0. The highest BCUT2D eigenvalue weighted by Gasteiger charge is 2.14. The molecular weight excluding hydrogens is 232 g/mol. The largest absolute Gasteiger partial charge is 0.345 e. The molecule has 0 radical (unpaired) electrons. The second-order valence-electron chi connectivity index (χ2n) is 4.04. The van der Waals surface area contributed by atoms with Crippen molar-refractivity contribution in [2.45, 2.75) is 6.92 Å². The Morgan fingerprint density at radius 2 is 2.12 bits per heavy atom. The normalized spacial score (nSPS) is 10.3. The Bertz CT molecular complexity index is 532. The van der Waals surface area contributed by atoms with Crippen LogP contribution in [0.15, 0.2) is 29.9 Å². The molecule has 0 aliphatic carbocycles. The minimum Gasteiger partial charge on any atom is -0.345 e. The van der Waals surface area contributed by atoms with Crippen molar-refractivity contribution in [3.8, 4) is 10.4 Å². The molecule has 1 aromatic heterocycles. The zero-order valence-corrected chi connectivity index (χ0v) is 10.9. The van der Waals surface area contributed by atoms with E-state index in [9.17, 15) is 4.79 Å². The van der Waals surface area contributed by atoms with Gasteiger partial charge in [0.25, 0.3) is 5.91 Å². The smallest absolute Gasteiger partial charge is 0.253 e. The van der Waals surface area contributed by atoms with Crippen LogP contribution in [0.4, 0.5) is 0 Å². The lowest BCUT2D eigenvalue weighted by Gasteiger charge is -2.14. The van der Waals surface area contributed by atoms with Gasteiger partial charge in [-0.3, -0.25) is 9.78 Å². The Hall–Kier alpha value is -1.68. The minimum absolute atomic E-state index is 0.0360. The first kappa shape index (κ1) is 11.8. The van der Waals surface area contributed by atoms with Crippen molar-refractivity contribution >= 4 is 17.2 Å². The van der Waals surface area contributed by atoms with Crippen LogP contribution in [0.5, 0.6) is 0 Å². The summed E-state index contributed by atoms with van der Waals surface area (Å²) in [7, 11) is 3.53. The third-order valence-corrected chi connectivity index (χ3v) is 3.47. The van der Waals surface area contributed by atoms with Crippen LogP contribution in [-0.4, -0.2) is 29.9 Å². The van der Waals surface area contributed by atoms with Crippen LogP contribution in [-0.2, 0) is 0 Å². The molecule has 4 heteroatoms. The molecule has 0 atom stereocenters. The zero-order valence-electron chi connectivity index (χ0n) is 10.1. The Kier molecular flexibility index (Phi) is 3.24. The number of rotatable bonds is 2. The van der Waals surface area contributed by atoms with E-state index >= 15 is 0 Å². The van der Waals surface area contributed by atoms with Gasteiger partial charge in [-0.1, -0.05) is 12.1 Å². The summed E-state index contributed by atoms with van der Waals surface area (Å²) in [6.45, 7) is 1.98. The summed E-state index contributed by atoms with van der Waals surface area (Å²) in [5.41, 5.74) is 4.64. The van der Waals surface area contributed by atoms with Crippen LogP contribution >= 0.6 is 11.3 Å². The third kappa shape index (κ3) is 2.22. The van der Waals surface area contributed by atoms with E-state index in [0.717, 1.165) is 21.6 Å². The number of amides is 1.